The number of rotatable bonds is 7. The van der Waals surface area contributed by atoms with E-state index in [0.29, 0.717) is 36.8 Å². The highest BCUT2D eigenvalue weighted by Gasteiger charge is 2.29. The van der Waals surface area contributed by atoms with E-state index in [2.05, 4.69) is 44.6 Å². The molecular formula is C32H39N7O2. The number of fused-ring (bicyclic) bond motifs is 1. The quantitative estimate of drug-likeness (QED) is 0.425. The number of piperazine rings is 1. The maximum atomic E-state index is 13.5. The number of benzene rings is 2. The number of hydrogen-bond donors (Lipinski definition) is 2. The van der Waals surface area contributed by atoms with Gasteiger partial charge in [-0.2, -0.15) is 0 Å². The highest BCUT2D eigenvalue weighted by molar-refractivity contribution is 6.08. The van der Waals surface area contributed by atoms with Gasteiger partial charge in [0.1, 0.15) is 0 Å². The molecule has 0 atom stereocenters. The van der Waals surface area contributed by atoms with E-state index in [4.69, 9.17) is 4.98 Å². The summed E-state index contributed by atoms with van der Waals surface area (Å²) >= 11 is 0. The lowest BCUT2D eigenvalue weighted by Gasteiger charge is -2.34. The summed E-state index contributed by atoms with van der Waals surface area (Å²) in [5, 5.41) is 6.34. The summed E-state index contributed by atoms with van der Waals surface area (Å²) in [6, 6.07) is 14.1. The molecule has 0 bridgehead atoms. The van der Waals surface area contributed by atoms with E-state index in [1.807, 2.05) is 37.3 Å². The van der Waals surface area contributed by atoms with Gasteiger partial charge in [0.15, 0.2) is 0 Å². The monoisotopic (exact) mass is 553 g/mol. The number of amides is 2. The first-order chi connectivity index (χ1) is 19.9. The molecule has 1 aliphatic carbocycles. The fraction of sp³-hybridized carbons (Fsp3) is 0.438. The normalized spacial score (nSPS) is 18.0. The predicted molar refractivity (Wildman–Crippen MR) is 163 cm³/mol. The minimum absolute atomic E-state index is 0.0458. The van der Waals surface area contributed by atoms with Crippen molar-refractivity contribution in [1.29, 1.82) is 0 Å². The fourth-order valence-electron chi connectivity index (χ4n) is 6.16. The van der Waals surface area contributed by atoms with Crippen molar-refractivity contribution < 1.29 is 9.59 Å². The molecule has 1 saturated heterocycles. The number of nitrogens with one attached hydrogen (secondary N) is 2. The van der Waals surface area contributed by atoms with Crippen LogP contribution in [-0.2, 0) is 11.2 Å². The van der Waals surface area contributed by atoms with Gasteiger partial charge in [0.2, 0.25) is 11.9 Å². The lowest BCUT2D eigenvalue weighted by atomic mass is 10.0. The molecule has 214 valence electrons. The number of anilines is 5. The van der Waals surface area contributed by atoms with Crippen molar-refractivity contribution in [2.45, 2.75) is 45.4 Å². The molecular weight excluding hydrogens is 514 g/mol. The van der Waals surface area contributed by atoms with Crippen molar-refractivity contribution in [2.75, 3.05) is 60.2 Å². The second-order valence-corrected chi connectivity index (χ2v) is 11.6. The van der Waals surface area contributed by atoms with Crippen molar-refractivity contribution in [1.82, 2.24) is 14.9 Å². The number of likely N-dealkylation sites (N-methyl/N-ethyl adjacent to an activating group) is 1. The van der Waals surface area contributed by atoms with Gasteiger partial charge < -0.3 is 25.3 Å². The Bertz CT molecular complexity index is 1410. The molecule has 9 heteroatoms. The van der Waals surface area contributed by atoms with Crippen LogP contribution in [0.5, 0.6) is 0 Å². The molecule has 3 aliphatic rings. The van der Waals surface area contributed by atoms with Gasteiger partial charge in [0.25, 0.3) is 5.91 Å². The van der Waals surface area contributed by atoms with Crippen LogP contribution in [0, 0.1) is 12.8 Å². The van der Waals surface area contributed by atoms with Crippen LogP contribution in [0.4, 0.5) is 28.7 Å². The Labute approximate surface area is 242 Å². The summed E-state index contributed by atoms with van der Waals surface area (Å²) in [5.74, 6) is 0.901. The SMILES string of the molecule is Cc1ccc(NC(=O)CC2CCCC2)cc1N1CCc2nc(Nc3ccc(N4CCN(C)CC4)cc3)ncc2C1=O. The average molecular weight is 554 g/mol. The zero-order valence-corrected chi connectivity index (χ0v) is 24.0. The highest BCUT2D eigenvalue weighted by atomic mass is 16.2. The molecule has 2 aliphatic heterocycles. The molecule has 3 heterocycles. The van der Waals surface area contributed by atoms with E-state index < -0.39 is 0 Å². The molecule has 0 radical (unpaired) electrons. The van der Waals surface area contributed by atoms with Gasteiger partial charge in [-0.25, -0.2) is 9.97 Å². The Morgan fingerprint density at radius 3 is 2.46 bits per heavy atom. The van der Waals surface area contributed by atoms with Crippen LogP contribution in [0.1, 0.15) is 53.7 Å². The smallest absolute Gasteiger partial charge is 0.261 e. The standard InChI is InChI=1S/C32H39N7O2/c1-22-7-8-25(34-30(40)19-23-5-3-4-6-23)20-29(22)39-14-13-28-27(31(39)41)21-33-32(36-28)35-24-9-11-26(12-10-24)38-17-15-37(2)16-18-38/h7-12,20-21,23H,3-6,13-19H2,1-2H3,(H,34,40)(H,33,35,36). The van der Waals surface area contributed by atoms with Gasteiger partial charge in [-0.1, -0.05) is 18.9 Å². The molecule has 3 aromatic rings. The Morgan fingerprint density at radius 1 is 0.976 bits per heavy atom. The van der Waals surface area contributed by atoms with Gasteiger partial charge >= 0.3 is 0 Å². The Hall–Kier alpha value is -3.98. The number of hydrogen-bond acceptors (Lipinski definition) is 7. The lowest BCUT2D eigenvalue weighted by Crippen LogP contribution is -2.44. The van der Waals surface area contributed by atoms with Crippen molar-refractivity contribution in [3.63, 3.8) is 0 Å². The van der Waals surface area contributed by atoms with E-state index in [-0.39, 0.29) is 11.8 Å². The minimum atomic E-state index is -0.119. The first-order valence-electron chi connectivity index (χ1n) is 14.8. The van der Waals surface area contributed by atoms with Crippen LogP contribution in [0.25, 0.3) is 0 Å². The number of aromatic nitrogens is 2. The van der Waals surface area contributed by atoms with Crippen molar-refractivity contribution >= 4 is 40.5 Å². The Morgan fingerprint density at radius 2 is 1.71 bits per heavy atom. The van der Waals surface area contributed by atoms with Gasteiger partial charge in [-0.15, -0.1) is 0 Å². The molecule has 2 aromatic carbocycles. The molecule has 6 rings (SSSR count). The summed E-state index contributed by atoms with van der Waals surface area (Å²) in [5.41, 5.74) is 5.90. The fourth-order valence-corrected chi connectivity index (χ4v) is 6.16. The maximum absolute atomic E-state index is 13.5. The number of nitrogens with zero attached hydrogens (tertiary/aromatic N) is 5. The van der Waals surface area contributed by atoms with E-state index in [1.54, 1.807) is 11.1 Å². The predicted octanol–water partition coefficient (Wildman–Crippen LogP) is 5.00. The second kappa shape index (κ2) is 11.9. The van der Waals surface area contributed by atoms with Crippen LogP contribution in [0.3, 0.4) is 0 Å². The molecule has 0 unspecified atom stereocenters. The van der Waals surface area contributed by atoms with Crippen LogP contribution in [0.15, 0.2) is 48.7 Å². The lowest BCUT2D eigenvalue weighted by molar-refractivity contribution is -0.117. The number of aryl methyl sites for hydroxylation is 1. The van der Waals surface area contributed by atoms with E-state index in [0.717, 1.165) is 67.3 Å². The summed E-state index contributed by atoms with van der Waals surface area (Å²) in [4.78, 5) is 41.8. The maximum Gasteiger partial charge on any atom is 0.261 e. The zero-order valence-electron chi connectivity index (χ0n) is 24.0. The first kappa shape index (κ1) is 27.2. The summed E-state index contributed by atoms with van der Waals surface area (Å²) in [7, 11) is 2.16. The average Bonchev–Trinajstić information content (AvgIpc) is 3.48. The minimum Gasteiger partial charge on any atom is -0.369 e. The van der Waals surface area contributed by atoms with Gasteiger partial charge in [-0.05, 0) is 74.7 Å². The van der Waals surface area contributed by atoms with Crippen LogP contribution < -0.4 is 20.4 Å². The van der Waals surface area contributed by atoms with Crippen LogP contribution in [0.2, 0.25) is 0 Å². The topological polar surface area (TPSA) is 93.7 Å². The van der Waals surface area contributed by atoms with Gasteiger partial charge in [0, 0.05) is 74.5 Å². The molecule has 1 saturated carbocycles. The summed E-state index contributed by atoms with van der Waals surface area (Å²) < 4.78 is 0. The van der Waals surface area contributed by atoms with Crippen molar-refractivity contribution in [3.8, 4) is 0 Å². The molecule has 0 spiro atoms. The summed E-state index contributed by atoms with van der Waals surface area (Å²) in [6.45, 7) is 6.70. The third kappa shape index (κ3) is 6.20. The molecule has 41 heavy (non-hydrogen) atoms. The van der Waals surface area contributed by atoms with E-state index in [1.165, 1.54) is 18.5 Å². The molecule has 9 nitrogen and oxygen atoms in total. The molecule has 2 amide bonds. The largest absolute Gasteiger partial charge is 0.369 e. The highest BCUT2D eigenvalue weighted by Crippen LogP contribution is 2.31. The third-order valence-electron chi connectivity index (χ3n) is 8.64. The van der Waals surface area contributed by atoms with E-state index >= 15 is 0 Å². The van der Waals surface area contributed by atoms with Crippen LogP contribution in [-0.4, -0.2) is 66.5 Å². The van der Waals surface area contributed by atoms with Crippen LogP contribution >= 0.6 is 0 Å². The van der Waals surface area contributed by atoms with Crippen molar-refractivity contribution in [3.05, 3.63) is 65.5 Å². The number of carbonyl (C=O) groups excluding carboxylic acids is 2. The molecule has 1 aromatic heterocycles. The van der Waals surface area contributed by atoms with Crippen molar-refractivity contribution in [2.24, 2.45) is 5.92 Å². The van der Waals surface area contributed by atoms with E-state index in [9.17, 15) is 9.59 Å². The number of carbonyl (C=O) groups is 2. The Kier molecular flexibility index (Phi) is 7.87. The molecule has 2 N–H and O–H groups in total. The first-order valence-corrected chi connectivity index (χ1v) is 14.8. The molecule has 2 fully saturated rings. The van der Waals surface area contributed by atoms with Gasteiger partial charge in [-0.3, -0.25) is 9.59 Å². The second-order valence-electron chi connectivity index (χ2n) is 11.6. The zero-order chi connectivity index (χ0) is 28.3. The third-order valence-corrected chi connectivity index (χ3v) is 8.64. The Balaban J connectivity index is 1.11. The summed E-state index contributed by atoms with van der Waals surface area (Å²) in [6.07, 6.45) is 7.52. The van der Waals surface area contributed by atoms with Gasteiger partial charge in [0.05, 0.1) is 11.3 Å².